The summed E-state index contributed by atoms with van der Waals surface area (Å²) in [5.41, 5.74) is 6.26. The normalized spacial score (nSPS) is 16.1. The quantitative estimate of drug-likeness (QED) is 0.712. The number of amides is 1. The van der Waals surface area contributed by atoms with Gasteiger partial charge in [-0.2, -0.15) is 0 Å². The minimum absolute atomic E-state index is 0.00291. The molecule has 0 spiro atoms. The Balaban J connectivity index is 1.85. The maximum absolute atomic E-state index is 13.0. The van der Waals surface area contributed by atoms with E-state index in [2.05, 4.69) is 10.6 Å². The standard InChI is InChI=1S/C13H18FN3O/c14-9-2-1-3-11(6-9)16-12(8-15)7-13(18)17-10-4-5-10/h1-3,6,10,12,16H,4-5,7-8,15H2,(H,17,18). The van der Waals surface area contributed by atoms with E-state index in [-0.39, 0.29) is 17.8 Å². The molecule has 98 valence electrons. The predicted octanol–water partition coefficient (Wildman–Crippen LogP) is 1.23. The van der Waals surface area contributed by atoms with E-state index in [0.29, 0.717) is 24.7 Å². The third-order valence-corrected chi connectivity index (χ3v) is 2.85. The number of hydrogen-bond donors (Lipinski definition) is 3. The lowest BCUT2D eigenvalue weighted by molar-refractivity contribution is -0.121. The Hall–Kier alpha value is -1.62. The number of nitrogens with one attached hydrogen (secondary N) is 2. The van der Waals surface area contributed by atoms with E-state index < -0.39 is 0 Å². The second-order valence-corrected chi connectivity index (χ2v) is 4.63. The molecule has 1 aromatic carbocycles. The summed E-state index contributed by atoms with van der Waals surface area (Å²) in [7, 11) is 0. The molecule has 5 heteroatoms. The summed E-state index contributed by atoms with van der Waals surface area (Å²) in [5.74, 6) is -0.310. The third kappa shape index (κ3) is 4.00. The van der Waals surface area contributed by atoms with Crippen molar-refractivity contribution in [2.24, 2.45) is 5.73 Å². The van der Waals surface area contributed by atoms with Crippen LogP contribution < -0.4 is 16.4 Å². The summed E-state index contributed by atoms with van der Waals surface area (Å²) < 4.78 is 13.0. The van der Waals surface area contributed by atoms with Crippen molar-refractivity contribution in [2.75, 3.05) is 11.9 Å². The van der Waals surface area contributed by atoms with E-state index in [1.165, 1.54) is 12.1 Å². The van der Waals surface area contributed by atoms with Gasteiger partial charge in [-0.15, -0.1) is 0 Å². The monoisotopic (exact) mass is 251 g/mol. The zero-order chi connectivity index (χ0) is 13.0. The summed E-state index contributed by atoms with van der Waals surface area (Å²) >= 11 is 0. The number of hydrogen-bond acceptors (Lipinski definition) is 3. The van der Waals surface area contributed by atoms with Gasteiger partial charge in [-0.05, 0) is 31.0 Å². The molecule has 1 atom stereocenters. The Bertz CT molecular complexity index is 420. The number of halogens is 1. The number of nitrogens with two attached hydrogens (primary N) is 1. The molecule has 4 nitrogen and oxygen atoms in total. The minimum Gasteiger partial charge on any atom is -0.380 e. The Morgan fingerprint density at radius 2 is 2.28 bits per heavy atom. The molecule has 0 radical (unpaired) electrons. The van der Waals surface area contributed by atoms with Crippen LogP contribution in [-0.4, -0.2) is 24.5 Å². The molecule has 1 unspecified atom stereocenters. The lowest BCUT2D eigenvalue weighted by atomic mass is 10.1. The molecule has 18 heavy (non-hydrogen) atoms. The molecular formula is C13H18FN3O. The van der Waals surface area contributed by atoms with Crippen LogP contribution >= 0.6 is 0 Å². The summed E-state index contributed by atoms with van der Waals surface area (Å²) in [4.78, 5) is 11.6. The second kappa shape index (κ2) is 5.82. The van der Waals surface area contributed by atoms with Crippen molar-refractivity contribution in [3.63, 3.8) is 0 Å². The van der Waals surface area contributed by atoms with E-state index in [1.807, 2.05) is 0 Å². The Labute approximate surface area is 106 Å². The maximum Gasteiger partial charge on any atom is 0.222 e. The van der Waals surface area contributed by atoms with Crippen LogP contribution in [-0.2, 0) is 4.79 Å². The van der Waals surface area contributed by atoms with Crippen molar-refractivity contribution in [1.82, 2.24) is 5.32 Å². The highest BCUT2D eigenvalue weighted by molar-refractivity contribution is 5.77. The lowest BCUT2D eigenvalue weighted by Crippen LogP contribution is -2.36. The van der Waals surface area contributed by atoms with Crippen molar-refractivity contribution >= 4 is 11.6 Å². The van der Waals surface area contributed by atoms with Crippen LogP contribution in [0.4, 0.5) is 10.1 Å². The van der Waals surface area contributed by atoms with E-state index in [0.717, 1.165) is 12.8 Å². The SMILES string of the molecule is NCC(CC(=O)NC1CC1)Nc1cccc(F)c1. The van der Waals surface area contributed by atoms with Gasteiger partial charge in [0.05, 0.1) is 0 Å². The Morgan fingerprint density at radius 3 is 2.89 bits per heavy atom. The smallest absolute Gasteiger partial charge is 0.222 e. The van der Waals surface area contributed by atoms with Crippen LogP contribution in [0.1, 0.15) is 19.3 Å². The van der Waals surface area contributed by atoms with Gasteiger partial charge in [-0.3, -0.25) is 4.79 Å². The highest BCUT2D eigenvalue weighted by Crippen LogP contribution is 2.19. The molecule has 2 rings (SSSR count). The lowest BCUT2D eigenvalue weighted by Gasteiger charge is -2.17. The van der Waals surface area contributed by atoms with Gasteiger partial charge in [0.15, 0.2) is 0 Å². The van der Waals surface area contributed by atoms with Gasteiger partial charge >= 0.3 is 0 Å². The molecule has 4 N–H and O–H groups in total. The van der Waals surface area contributed by atoms with Crippen molar-refractivity contribution in [2.45, 2.75) is 31.3 Å². The highest BCUT2D eigenvalue weighted by atomic mass is 19.1. The fraction of sp³-hybridized carbons (Fsp3) is 0.462. The topological polar surface area (TPSA) is 67.2 Å². The van der Waals surface area contributed by atoms with Crippen LogP contribution in [0.2, 0.25) is 0 Å². The van der Waals surface area contributed by atoms with Crippen LogP contribution in [0.25, 0.3) is 0 Å². The molecule has 0 saturated heterocycles. The molecule has 1 saturated carbocycles. The summed E-state index contributed by atoms with van der Waals surface area (Å²) in [6.45, 7) is 0.328. The highest BCUT2D eigenvalue weighted by Gasteiger charge is 2.24. The van der Waals surface area contributed by atoms with E-state index >= 15 is 0 Å². The van der Waals surface area contributed by atoms with Crippen molar-refractivity contribution in [1.29, 1.82) is 0 Å². The van der Waals surface area contributed by atoms with Crippen molar-refractivity contribution in [3.05, 3.63) is 30.1 Å². The maximum atomic E-state index is 13.0. The number of benzene rings is 1. The fourth-order valence-electron chi connectivity index (χ4n) is 1.75. The predicted molar refractivity (Wildman–Crippen MR) is 68.6 cm³/mol. The Kier molecular flexibility index (Phi) is 4.15. The first-order valence-electron chi connectivity index (χ1n) is 6.19. The summed E-state index contributed by atoms with van der Waals surface area (Å²) in [6.07, 6.45) is 2.44. The molecule has 1 aliphatic carbocycles. The molecule has 0 aromatic heterocycles. The second-order valence-electron chi connectivity index (χ2n) is 4.63. The Morgan fingerprint density at radius 1 is 1.50 bits per heavy atom. The molecule has 0 aliphatic heterocycles. The summed E-state index contributed by atoms with van der Waals surface area (Å²) in [5, 5.41) is 5.98. The van der Waals surface area contributed by atoms with Gasteiger partial charge in [-0.1, -0.05) is 6.07 Å². The number of rotatable bonds is 6. The number of anilines is 1. The number of carbonyl (C=O) groups excluding carboxylic acids is 1. The molecule has 1 amide bonds. The first kappa shape index (κ1) is 12.8. The van der Waals surface area contributed by atoms with E-state index in [4.69, 9.17) is 5.73 Å². The van der Waals surface area contributed by atoms with Crippen LogP contribution in [0, 0.1) is 5.82 Å². The van der Waals surface area contributed by atoms with Gasteiger partial charge in [0.2, 0.25) is 5.91 Å². The molecule has 1 aromatic rings. The molecular weight excluding hydrogens is 233 g/mol. The van der Waals surface area contributed by atoms with E-state index in [1.54, 1.807) is 12.1 Å². The zero-order valence-corrected chi connectivity index (χ0v) is 10.2. The average Bonchev–Trinajstić information content (AvgIpc) is 3.12. The summed E-state index contributed by atoms with van der Waals surface area (Å²) in [6, 6.07) is 6.32. The van der Waals surface area contributed by atoms with Crippen LogP contribution in [0.15, 0.2) is 24.3 Å². The zero-order valence-electron chi connectivity index (χ0n) is 10.2. The van der Waals surface area contributed by atoms with Gasteiger partial charge in [-0.25, -0.2) is 4.39 Å². The molecule has 1 fully saturated rings. The number of carbonyl (C=O) groups is 1. The molecule has 1 aliphatic rings. The first-order chi connectivity index (χ1) is 8.67. The fourth-order valence-corrected chi connectivity index (χ4v) is 1.75. The first-order valence-corrected chi connectivity index (χ1v) is 6.19. The molecule has 0 heterocycles. The van der Waals surface area contributed by atoms with Crippen molar-refractivity contribution in [3.8, 4) is 0 Å². The van der Waals surface area contributed by atoms with Crippen LogP contribution in [0.5, 0.6) is 0 Å². The van der Waals surface area contributed by atoms with Gasteiger partial charge < -0.3 is 16.4 Å². The van der Waals surface area contributed by atoms with E-state index in [9.17, 15) is 9.18 Å². The average molecular weight is 251 g/mol. The van der Waals surface area contributed by atoms with Crippen molar-refractivity contribution < 1.29 is 9.18 Å². The van der Waals surface area contributed by atoms with Gasteiger partial charge in [0.1, 0.15) is 5.82 Å². The molecule has 0 bridgehead atoms. The van der Waals surface area contributed by atoms with Crippen LogP contribution in [0.3, 0.4) is 0 Å². The van der Waals surface area contributed by atoms with Gasteiger partial charge in [0.25, 0.3) is 0 Å². The third-order valence-electron chi connectivity index (χ3n) is 2.85. The van der Waals surface area contributed by atoms with Gasteiger partial charge in [0, 0.05) is 30.7 Å². The minimum atomic E-state index is -0.307. The largest absolute Gasteiger partial charge is 0.380 e.